The van der Waals surface area contributed by atoms with Gasteiger partial charge in [0, 0.05) is 11.6 Å². The maximum atomic E-state index is 5.61. The van der Waals surface area contributed by atoms with Gasteiger partial charge in [-0.1, -0.05) is 54.4 Å². The summed E-state index contributed by atoms with van der Waals surface area (Å²) in [5.41, 5.74) is 2.59. The first-order valence-electron chi connectivity index (χ1n) is 5.15. The molecule has 2 heteroatoms. The summed E-state index contributed by atoms with van der Waals surface area (Å²) in [4.78, 5) is 0. The van der Waals surface area contributed by atoms with Crippen molar-refractivity contribution >= 4 is 15.9 Å². The highest BCUT2D eigenvalue weighted by Gasteiger charge is 2.27. The third-order valence-electron chi connectivity index (χ3n) is 2.46. The highest BCUT2D eigenvalue weighted by molar-refractivity contribution is 9.10. The van der Waals surface area contributed by atoms with Crippen molar-refractivity contribution in [2.45, 2.75) is 33.8 Å². The van der Waals surface area contributed by atoms with Crippen LogP contribution >= 0.6 is 15.9 Å². The van der Waals surface area contributed by atoms with Crippen LogP contribution in [0.5, 0.6) is 0 Å². The Bertz CT molecular complexity index is 339. The Labute approximate surface area is 101 Å². The lowest BCUT2D eigenvalue weighted by molar-refractivity contribution is 0.0146. The predicted octanol–water partition coefficient (Wildman–Crippen LogP) is 4.49. The molecule has 0 saturated heterocycles. The zero-order valence-electron chi connectivity index (χ0n) is 10.1. The van der Waals surface area contributed by atoms with Crippen LogP contribution in [0.4, 0.5) is 0 Å². The summed E-state index contributed by atoms with van der Waals surface area (Å²) in [5, 5.41) is 0. The minimum absolute atomic E-state index is 0.102. The molecular formula is C13H19BrO. The van der Waals surface area contributed by atoms with Gasteiger partial charge in [-0.3, -0.25) is 0 Å². The van der Waals surface area contributed by atoms with Crippen LogP contribution in [-0.2, 0) is 4.74 Å². The molecule has 0 spiro atoms. The number of methoxy groups -OCH3 is 1. The van der Waals surface area contributed by atoms with Gasteiger partial charge in [0.25, 0.3) is 0 Å². The van der Waals surface area contributed by atoms with E-state index in [1.807, 2.05) is 0 Å². The van der Waals surface area contributed by atoms with Crippen molar-refractivity contribution in [1.29, 1.82) is 0 Å². The second-order valence-electron chi connectivity index (χ2n) is 5.01. The summed E-state index contributed by atoms with van der Waals surface area (Å²) >= 11 is 3.58. The van der Waals surface area contributed by atoms with Crippen molar-refractivity contribution in [3.8, 4) is 0 Å². The molecule has 1 aromatic rings. The van der Waals surface area contributed by atoms with E-state index in [-0.39, 0.29) is 11.5 Å². The van der Waals surface area contributed by atoms with E-state index in [9.17, 15) is 0 Å². The average molecular weight is 271 g/mol. The molecule has 15 heavy (non-hydrogen) atoms. The molecule has 0 aliphatic heterocycles. The van der Waals surface area contributed by atoms with Crippen LogP contribution in [0.25, 0.3) is 0 Å². The molecular weight excluding hydrogens is 252 g/mol. The van der Waals surface area contributed by atoms with Crippen molar-refractivity contribution in [2.75, 3.05) is 7.11 Å². The van der Waals surface area contributed by atoms with E-state index in [0.29, 0.717) is 0 Å². The van der Waals surface area contributed by atoms with Crippen LogP contribution in [-0.4, -0.2) is 7.11 Å². The van der Waals surface area contributed by atoms with E-state index < -0.39 is 0 Å². The summed E-state index contributed by atoms with van der Waals surface area (Å²) in [6.45, 7) is 8.67. The normalized spacial score (nSPS) is 14.0. The number of benzene rings is 1. The topological polar surface area (TPSA) is 9.23 Å². The Kier molecular flexibility index (Phi) is 3.96. The van der Waals surface area contributed by atoms with Gasteiger partial charge in [-0.05, 0) is 24.0 Å². The van der Waals surface area contributed by atoms with Crippen molar-refractivity contribution in [3.05, 3.63) is 33.8 Å². The Hall–Kier alpha value is -0.340. The number of aryl methyl sites for hydroxylation is 1. The maximum Gasteiger partial charge on any atom is 0.0880 e. The minimum atomic E-state index is 0.102. The average Bonchev–Trinajstić information content (AvgIpc) is 2.10. The van der Waals surface area contributed by atoms with E-state index in [1.165, 1.54) is 11.1 Å². The Morgan fingerprint density at radius 3 is 2.33 bits per heavy atom. The standard InChI is InChI=1S/C13H19BrO/c1-9-6-7-11(14)10(8-9)12(15-5)13(2,3)4/h6-8,12H,1-5H3/t12-/m1/s1. The molecule has 0 aliphatic rings. The van der Waals surface area contributed by atoms with Crippen molar-refractivity contribution in [1.82, 2.24) is 0 Å². The van der Waals surface area contributed by atoms with Crippen LogP contribution in [0.3, 0.4) is 0 Å². The quantitative estimate of drug-likeness (QED) is 0.770. The molecule has 1 atom stereocenters. The summed E-state index contributed by atoms with van der Waals surface area (Å²) in [6.07, 6.45) is 0.117. The van der Waals surface area contributed by atoms with Crippen LogP contribution in [0.2, 0.25) is 0 Å². The zero-order valence-corrected chi connectivity index (χ0v) is 11.7. The van der Waals surface area contributed by atoms with Crippen molar-refractivity contribution in [2.24, 2.45) is 5.41 Å². The van der Waals surface area contributed by atoms with Crippen LogP contribution in [0.1, 0.15) is 38.0 Å². The lowest BCUT2D eigenvalue weighted by Crippen LogP contribution is -2.20. The predicted molar refractivity (Wildman–Crippen MR) is 68.1 cm³/mol. The fourth-order valence-electron chi connectivity index (χ4n) is 1.81. The van der Waals surface area contributed by atoms with Gasteiger partial charge >= 0.3 is 0 Å². The molecule has 0 saturated carbocycles. The maximum absolute atomic E-state index is 5.61. The number of ether oxygens (including phenoxy) is 1. The lowest BCUT2D eigenvalue weighted by Gasteiger charge is -2.30. The van der Waals surface area contributed by atoms with E-state index in [2.05, 4.69) is 61.8 Å². The molecule has 0 aliphatic carbocycles. The summed E-state index contributed by atoms with van der Waals surface area (Å²) < 4.78 is 6.73. The second kappa shape index (κ2) is 4.67. The largest absolute Gasteiger partial charge is 0.376 e. The van der Waals surface area contributed by atoms with Gasteiger partial charge in [-0.2, -0.15) is 0 Å². The van der Waals surface area contributed by atoms with Crippen molar-refractivity contribution in [3.63, 3.8) is 0 Å². The molecule has 0 amide bonds. The van der Waals surface area contributed by atoms with Gasteiger partial charge in [0.1, 0.15) is 0 Å². The van der Waals surface area contributed by atoms with Crippen LogP contribution < -0.4 is 0 Å². The number of rotatable bonds is 2. The van der Waals surface area contributed by atoms with Gasteiger partial charge < -0.3 is 4.74 Å². The van der Waals surface area contributed by atoms with Gasteiger partial charge in [-0.15, -0.1) is 0 Å². The molecule has 1 aromatic carbocycles. The number of halogens is 1. The molecule has 0 radical (unpaired) electrons. The Morgan fingerprint density at radius 1 is 1.27 bits per heavy atom. The zero-order chi connectivity index (χ0) is 11.6. The first-order chi connectivity index (χ1) is 6.86. The highest BCUT2D eigenvalue weighted by Crippen LogP contribution is 2.39. The van der Waals surface area contributed by atoms with Gasteiger partial charge in [0.05, 0.1) is 6.10 Å². The second-order valence-corrected chi connectivity index (χ2v) is 5.86. The van der Waals surface area contributed by atoms with E-state index in [4.69, 9.17) is 4.74 Å². The fraction of sp³-hybridized carbons (Fsp3) is 0.538. The van der Waals surface area contributed by atoms with Crippen LogP contribution in [0, 0.1) is 12.3 Å². The summed E-state index contributed by atoms with van der Waals surface area (Å²) in [6, 6.07) is 6.37. The summed E-state index contributed by atoms with van der Waals surface area (Å²) in [5.74, 6) is 0. The highest BCUT2D eigenvalue weighted by atomic mass is 79.9. The molecule has 0 N–H and O–H groups in total. The first-order valence-corrected chi connectivity index (χ1v) is 5.94. The molecule has 84 valence electrons. The van der Waals surface area contributed by atoms with E-state index in [0.717, 1.165) is 4.47 Å². The third kappa shape index (κ3) is 3.05. The van der Waals surface area contributed by atoms with Crippen molar-refractivity contribution < 1.29 is 4.74 Å². The SMILES string of the molecule is CO[C@H](c1cc(C)ccc1Br)C(C)(C)C. The van der Waals surface area contributed by atoms with Crippen LogP contribution in [0.15, 0.2) is 22.7 Å². The molecule has 1 rings (SSSR count). The van der Waals surface area contributed by atoms with E-state index >= 15 is 0 Å². The smallest absolute Gasteiger partial charge is 0.0880 e. The van der Waals surface area contributed by atoms with Gasteiger partial charge in [-0.25, -0.2) is 0 Å². The molecule has 1 nitrogen and oxygen atoms in total. The molecule has 0 aromatic heterocycles. The lowest BCUT2D eigenvalue weighted by atomic mass is 9.84. The summed E-state index contributed by atoms with van der Waals surface area (Å²) in [7, 11) is 1.77. The number of hydrogen-bond acceptors (Lipinski definition) is 1. The first kappa shape index (κ1) is 12.7. The Balaban J connectivity index is 3.18. The monoisotopic (exact) mass is 270 g/mol. The molecule has 0 heterocycles. The van der Waals surface area contributed by atoms with E-state index in [1.54, 1.807) is 7.11 Å². The fourth-order valence-corrected chi connectivity index (χ4v) is 2.27. The van der Waals surface area contributed by atoms with Gasteiger partial charge in [0.2, 0.25) is 0 Å². The molecule has 0 unspecified atom stereocenters. The molecule has 0 fully saturated rings. The molecule has 0 bridgehead atoms. The minimum Gasteiger partial charge on any atom is -0.376 e. The van der Waals surface area contributed by atoms with Gasteiger partial charge in [0.15, 0.2) is 0 Å². The Morgan fingerprint density at radius 2 is 1.87 bits per heavy atom. The third-order valence-corrected chi connectivity index (χ3v) is 3.18. The number of hydrogen-bond donors (Lipinski definition) is 0.